The summed E-state index contributed by atoms with van der Waals surface area (Å²) >= 11 is 0. The van der Waals surface area contributed by atoms with E-state index < -0.39 is 5.54 Å². The number of benzene rings is 2. The van der Waals surface area contributed by atoms with Crippen molar-refractivity contribution in [2.24, 2.45) is 0 Å². The smallest absolute Gasteiger partial charge is 0.247 e. The monoisotopic (exact) mass is 415 g/mol. The maximum absolute atomic E-state index is 13.9. The molecule has 0 bridgehead atoms. The van der Waals surface area contributed by atoms with Gasteiger partial charge in [-0.3, -0.25) is 9.69 Å². The van der Waals surface area contributed by atoms with Crippen LogP contribution in [0.5, 0.6) is 0 Å². The predicted octanol–water partition coefficient (Wildman–Crippen LogP) is 4.05. The van der Waals surface area contributed by atoms with Crippen LogP contribution in [0.1, 0.15) is 42.9 Å². The molecule has 2 aliphatic heterocycles. The molecule has 2 fully saturated rings. The van der Waals surface area contributed by atoms with Crippen molar-refractivity contribution < 1.29 is 9.18 Å². The summed E-state index contributed by atoms with van der Waals surface area (Å²) in [4.78, 5) is 17.5. The molecule has 1 N–H and O–H groups in total. The van der Waals surface area contributed by atoms with Crippen molar-refractivity contribution in [1.29, 1.82) is 0 Å². The third-order valence-electron chi connectivity index (χ3n) is 6.86. The van der Waals surface area contributed by atoms with E-state index in [1.807, 2.05) is 24.3 Å². The highest BCUT2D eigenvalue weighted by atomic mass is 35.5. The maximum Gasteiger partial charge on any atom is 0.247 e. The van der Waals surface area contributed by atoms with Crippen LogP contribution in [0, 0.1) is 5.82 Å². The molecule has 5 rings (SSSR count). The summed E-state index contributed by atoms with van der Waals surface area (Å²) in [5.41, 5.74) is 3.07. The molecule has 2 saturated heterocycles. The lowest BCUT2D eigenvalue weighted by Crippen LogP contribution is -2.57. The Morgan fingerprint density at radius 1 is 1.07 bits per heavy atom. The molecule has 0 aromatic heterocycles. The quantitative estimate of drug-likeness (QED) is 0.803. The van der Waals surface area contributed by atoms with Gasteiger partial charge in [-0.25, -0.2) is 4.39 Å². The van der Waals surface area contributed by atoms with Crippen molar-refractivity contribution in [3.8, 4) is 0 Å². The van der Waals surface area contributed by atoms with Gasteiger partial charge >= 0.3 is 0 Å². The highest BCUT2D eigenvalue weighted by molar-refractivity contribution is 5.93. The molecule has 3 aliphatic rings. The molecular weight excluding hydrogens is 389 g/mol. The van der Waals surface area contributed by atoms with Gasteiger partial charge in [0.2, 0.25) is 5.91 Å². The maximum atomic E-state index is 13.9. The molecule has 1 atom stereocenters. The van der Waals surface area contributed by atoms with Crippen molar-refractivity contribution in [3.63, 3.8) is 0 Å². The number of anilines is 1. The van der Waals surface area contributed by atoms with Crippen LogP contribution in [-0.4, -0.2) is 36.1 Å². The average molecular weight is 416 g/mol. The largest absolute Gasteiger partial charge is 0.339 e. The van der Waals surface area contributed by atoms with E-state index >= 15 is 0 Å². The number of carbonyl (C=O) groups is 1. The van der Waals surface area contributed by atoms with Gasteiger partial charge in [-0.1, -0.05) is 24.3 Å². The van der Waals surface area contributed by atoms with Crippen LogP contribution in [0.4, 0.5) is 10.1 Å². The first kappa shape index (κ1) is 20.2. The molecule has 4 nitrogen and oxygen atoms in total. The number of nitrogens with zero attached hydrogens (tertiary/aromatic N) is 2. The van der Waals surface area contributed by atoms with Crippen LogP contribution >= 0.6 is 12.4 Å². The van der Waals surface area contributed by atoms with Crippen molar-refractivity contribution >= 4 is 24.0 Å². The number of hydrogen-bond acceptors (Lipinski definition) is 3. The molecule has 154 valence electrons. The number of nitrogens with one attached hydrogen (secondary N) is 1. The second-order valence-electron chi connectivity index (χ2n) is 8.25. The summed E-state index contributed by atoms with van der Waals surface area (Å²) in [5.74, 6) is -0.00403. The fourth-order valence-electron chi connectivity index (χ4n) is 5.36. The summed E-state index contributed by atoms with van der Waals surface area (Å²) in [6.07, 6.45) is 4.84. The van der Waals surface area contributed by atoms with Crippen LogP contribution < -0.4 is 10.2 Å². The number of halogens is 2. The van der Waals surface area contributed by atoms with E-state index in [1.165, 1.54) is 5.56 Å². The van der Waals surface area contributed by atoms with Gasteiger partial charge in [0.15, 0.2) is 0 Å². The molecule has 1 aliphatic carbocycles. The lowest BCUT2D eigenvalue weighted by molar-refractivity contribution is -0.125. The first-order chi connectivity index (χ1) is 13.7. The average Bonchev–Trinajstić information content (AvgIpc) is 3.04. The zero-order valence-corrected chi connectivity index (χ0v) is 17.3. The van der Waals surface area contributed by atoms with Gasteiger partial charge in [-0.15, -0.1) is 12.4 Å². The van der Waals surface area contributed by atoms with Crippen molar-refractivity contribution in [2.45, 2.75) is 43.7 Å². The van der Waals surface area contributed by atoms with Gasteiger partial charge in [0.25, 0.3) is 0 Å². The van der Waals surface area contributed by atoms with Crippen LogP contribution in [0.15, 0.2) is 48.5 Å². The van der Waals surface area contributed by atoms with E-state index in [0.29, 0.717) is 6.67 Å². The summed E-state index contributed by atoms with van der Waals surface area (Å²) < 4.78 is 13.9. The molecule has 6 heteroatoms. The van der Waals surface area contributed by atoms with E-state index in [9.17, 15) is 9.18 Å². The molecule has 1 unspecified atom stereocenters. The predicted molar refractivity (Wildman–Crippen MR) is 115 cm³/mol. The Labute approximate surface area is 177 Å². The van der Waals surface area contributed by atoms with Gasteiger partial charge < -0.3 is 10.2 Å². The Kier molecular flexibility index (Phi) is 5.54. The van der Waals surface area contributed by atoms with Crippen molar-refractivity contribution in [3.05, 3.63) is 65.5 Å². The Morgan fingerprint density at radius 3 is 2.59 bits per heavy atom. The highest BCUT2D eigenvalue weighted by Gasteiger charge is 2.51. The van der Waals surface area contributed by atoms with E-state index in [-0.39, 0.29) is 30.2 Å². The SMILES string of the molecule is Cl.O=C1NCN(c2ccccc2)C12CCN(C1CCCc3ccc(F)cc31)CC2. The number of hydrogen-bond donors (Lipinski definition) is 1. The molecule has 29 heavy (non-hydrogen) atoms. The summed E-state index contributed by atoms with van der Waals surface area (Å²) in [6.45, 7) is 2.29. The second kappa shape index (κ2) is 7.96. The molecule has 2 heterocycles. The topological polar surface area (TPSA) is 35.6 Å². The number of likely N-dealkylation sites (tertiary alicyclic amines) is 1. The third-order valence-corrected chi connectivity index (χ3v) is 6.86. The van der Waals surface area contributed by atoms with Crippen LogP contribution in [-0.2, 0) is 11.2 Å². The van der Waals surface area contributed by atoms with E-state index in [2.05, 4.69) is 27.2 Å². The normalized spacial score (nSPS) is 23.4. The Morgan fingerprint density at radius 2 is 1.83 bits per heavy atom. The molecular formula is C23H27ClFN3O. The highest BCUT2D eigenvalue weighted by Crippen LogP contribution is 2.41. The van der Waals surface area contributed by atoms with Gasteiger partial charge in [0.05, 0.1) is 6.67 Å². The lowest BCUT2D eigenvalue weighted by Gasteiger charge is -2.46. The molecule has 2 aromatic carbocycles. The van der Waals surface area contributed by atoms with Gasteiger partial charge in [-0.2, -0.15) is 0 Å². The number of rotatable bonds is 2. The van der Waals surface area contributed by atoms with E-state index in [4.69, 9.17) is 0 Å². The minimum Gasteiger partial charge on any atom is -0.339 e. The zero-order valence-electron chi connectivity index (χ0n) is 16.4. The molecule has 0 radical (unpaired) electrons. The minimum absolute atomic E-state index is 0. The summed E-state index contributed by atoms with van der Waals surface area (Å²) in [5, 5.41) is 3.07. The van der Waals surface area contributed by atoms with Crippen molar-refractivity contribution in [1.82, 2.24) is 10.2 Å². The molecule has 1 amide bonds. The number of piperidine rings is 1. The number of para-hydroxylation sites is 1. The van der Waals surface area contributed by atoms with Gasteiger partial charge in [0.1, 0.15) is 11.4 Å². The van der Waals surface area contributed by atoms with E-state index in [0.717, 1.165) is 56.4 Å². The number of aryl methyl sites for hydroxylation is 1. The Balaban J connectivity index is 0.00000205. The van der Waals surface area contributed by atoms with Crippen LogP contribution in [0.3, 0.4) is 0 Å². The Bertz CT molecular complexity index is 883. The van der Waals surface area contributed by atoms with Gasteiger partial charge in [-0.05, 0) is 67.5 Å². The molecule has 0 saturated carbocycles. The lowest BCUT2D eigenvalue weighted by atomic mass is 9.82. The third kappa shape index (κ3) is 3.40. The van der Waals surface area contributed by atoms with E-state index in [1.54, 1.807) is 12.1 Å². The molecule has 2 aromatic rings. The number of carbonyl (C=O) groups excluding carboxylic acids is 1. The fraction of sp³-hybridized carbons (Fsp3) is 0.435. The minimum atomic E-state index is -0.461. The first-order valence-electron chi connectivity index (χ1n) is 10.3. The van der Waals surface area contributed by atoms with Crippen LogP contribution in [0.2, 0.25) is 0 Å². The Hall–Kier alpha value is -2.11. The second-order valence-corrected chi connectivity index (χ2v) is 8.25. The van der Waals surface area contributed by atoms with Crippen LogP contribution in [0.25, 0.3) is 0 Å². The number of fused-ring (bicyclic) bond motifs is 1. The zero-order chi connectivity index (χ0) is 19.1. The van der Waals surface area contributed by atoms with Crippen molar-refractivity contribution in [2.75, 3.05) is 24.7 Å². The number of amides is 1. The standard InChI is InChI=1S/C23H26FN3O.ClH/c24-18-10-9-17-5-4-8-21(20(17)15-18)26-13-11-23(12-14-26)22(28)25-16-27(23)19-6-2-1-3-7-19;/h1-3,6-7,9-10,15,21H,4-5,8,11-14,16H2,(H,25,28);1H. The molecule has 1 spiro atoms. The summed E-state index contributed by atoms with van der Waals surface area (Å²) in [6, 6.07) is 15.7. The van der Waals surface area contributed by atoms with Gasteiger partial charge in [0, 0.05) is 24.8 Å². The first-order valence-corrected chi connectivity index (χ1v) is 10.3. The fourth-order valence-corrected chi connectivity index (χ4v) is 5.36. The summed E-state index contributed by atoms with van der Waals surface area (Å²) in [7, 11) is 0.